The van der Waals surface area contributed by atoms with Gasteiger partial charge in [0.2, 0.25) is 0 Å². The minimum atomic E-state index is -0.150. The van der Waals surface area contributed by atoms with Crippen molar-refractivity contribution in [2.75, 3.05) is 11.9 Å². The van der Waals surface area contributed by atoms with Gasteiger partial charge in [-0.25, -0.2) is 0 Å². The van der Waals surface area contributed by atoms with Crippen molar-refractivity contribution in [2.24, 2.45) is 11.7 Å². The van der Waals surface area contributed by atoms with Crippen molar-refractivity contribution in [3.8, 4) is 5.75 Å². The molecule has 5 heteroatoms. The molecule has 0 spiro atoms. The van der Waals surface area contributed by atoms with E-state index in [-0.39, 0.29) is 11.9 Å². The van der Waals surface area contributed by atoms with Crippen molar-refractivity contribution in [2.45, 2.75) is 32.7 Å². The Labute approximate surface area is 164 Å². The topological polar surface area (TPSA) is 77.2 Å². The van der Waals surface area contributed by atoms with Crippen LogP contribution >= 0.6 is 0 Å². The smallest absolute Gasteiger partial charge is 0.255 e. The van der Waals surface area contributed by atoms with Crippen molar-refractivity contribution >= 4 is 22.5 Å². The highest BCUT2D eigenvalue weighted by Gasteiger charge is 2.21. The first-order valence-electron chi connectivity index (χ1n) is 9.70. The summed E-state index contributed by atoms with van der Waals surface area (Å²) in [4.78, 5) is 17.2. The Morgan fingerprint density at radius 2 is 2.00 bits per heavy atom. The van der Waals surface area contributed by atoms with Crippen LogP contribution in [0.5, 0.6) is 5.75 Å². The zero-order valence-corrected chi connectivity index (χ0v) is 16.2. The highest BCUT2D eigenvalue weighted by Crippen LogP contribution is 2.30. The maximum absolute atomic E-state index is 12.6. The van der Waals surface area contributed by atoms with Gasteiger partial charge in [-0.1, -0.05) is 6.07 Å². The molecule has 0 bridgehead atoms. The number of benzene rings is 2. The standard InChI is InChI=1S/C23H25N3O2/c1-14-21(10-7-18-11-19(15(2)24)12-25-22(14)18)26-23(27)17-5-8-20(9-6-17)28-13-16-3-4-16/h5-12,15-16H,3-4,13,24H2,1-2H3,(H,26,27). The predicted octanol–water partition coefficient (Wildman–Crippen LogP) is 4.60. The summed E-state index contributed by atoms with van der Waals surface area (Å²) in [5, 5.41) is 4.01. The molecule has 3 aromatic rings. The zero-order chi connectivity index (χ0) is 19.7. The first-order valence-corrected chi connectivity index (χ1v) is 9.70. The molecule has 1 aliphatic carbocycles. The van der Waals surface area contributed by atoms with Gasteiger partial charge in [-0.2, -0.15) is 0 Å². The molecule has 1 fully saturated rings. The Bertz CT molecular complexity index is 1010. The van der Waals surface area contributed by atoms with E-state index in [0.29, 0.717) is 11.5 Å². The van der Waals surface area contributed by atoms with Crippen molar-refractivity contribution in [3.63, 3.8) is 0 Å². The van der Waals surface area contributed by atoms with E-state index in [0.717, 1.165) is 40.1 Å². The highest BCUT2D eigenvalue weighted by atomic mass is 16.5. The third kappa shape index (κ3) is 3.99. The number of aryl methyl sites for hydroxylation is 1. The van der Waals surface area contributed by atoms with Gasteiger partial charge in [-0.15, -0.1) is 0 Å². The number of carbonyl (C=O) groups is 1. The van der Waals surface area contributed by atoms with Gasteiger partial charge in [0.25, 0.3) is 5.91 Å². The molecule has 0 aliphatic heterocycles. The lowest BCUT2D eigenvalue weighted by molar-refractivity contribution is 0.102. The molecule has 28 heavy (non-hydrogen) atoms. The van der Waals surface area contributed by atoms with E-state index in [2.05, 4.69) is 10.3 Å². The number of amides is 1. The minimum absolute atomic E-state index is 0.0622. The van der Waals surface area contributed by atoms with Gasteiger partial charge in [0.05, 0.1) is 12.1 Å². The number of pyridine rings is 1. The molecule has 5 nitrogen and oxygen atoms in total. The number of hydrogen-bond donors (Lipinski definition) is 2. The number of fused-ring (bicyclic) bond motifs is 1. The summed E-state index contributed by atoms with van der Waals surface area (Å²) in [6.07, 6.45) is 4.31. The van der Waals surface area contributed by atoms with Gasteiger partial charge in [-0.3, -0.25) is 9.78 Å². The van der Waals surface area contributed by atoms with Crippen molar-refractivity contribution in [3.05, 3.63) is 65.4 Å². The maximum Gasteiger partial charge on any atom is 0.255 e. The van der Waals surface area contributed by atoms with Crippen LogP contribution in [0.3, 0.4) is 0 Å². The monoisotopic (exact) mass is 375 g/mol. The predicted molar refractivity (Wildman–Crippen MR) is 112 cm³/mol. The molecule has 1 aromatic heterocycles. The van der Waals surface area contributed by atoms with Crippen LogP contribution in [0, 0.1) is 12.8 Å². The van der Waals surface area contributed by atoms with E-state index >= 15 is 0 Å². The van der Waals surface area contributed by atoms with Gasteiger partial charge in [0, 0.05) is 28.9 Å². The molecule has 1 atom stereocenters. The molecule has 0 radical (unpaired) electrons. The lowest BCUT2D eigenvalue weighted by Gasteiger charge is -2.13. The van der Waals surface area contributed by atoms with E-state index in [1.165, 1.54) is 12.8 Å². The average Bonchev–Trinajstić information content (AvgIpc) is 3.53. The molecule has 144 valence electrons. The SMILES string of the molecule is Cc1c(NC(=O)c2ccc(OCC3CC3)cc2)ccc2cc(C(C)N)cnc12. The summed E-state index contributed by atoms with van der Waals surface area (Å²) in [7, 11) is 0. The largest absolute Gasteiger partial charge is 0.493 e. The number of rotatable bonds is 6. The quantitative estimate of drug-likeness (QED) is 0.660. The Kier molecular flexibility index (Phi) is 5.01. The number of carbonyl (C=O) groups excluding carboxylic acids is 1. The van der Waals surface area contributed by atoms with Crippen LogP contribution in [0.2, 0.25) is 0 Å². The molecule has 1 unspecified atom stereocenters. The normalized spacial score (nSPS) is 14.7. The molecule has 2 aromatic carbocycles. The minimum Gasteiger partial charge on any atom is -0.493 e. The summed E-state index contributed by atoms with van der Waals surface area (Å²) in [5.41, 5.74) is 10.1. The maximum atomic E-state index is 12.6. The first-order chi connectivity index (χ1) is 13.5. The van der Waals surface area contributed by atoms with E-state index in [4.69, 9.17) is 10.5 Å². The third-order valence-electron chi connectivity index (χ3n) is 5.20. The Hall–Kier alpha value is -2.92. The Balaban J connectivity index is 1.49. The summed E-state index contributed by atoms with van der Waals surface area (Å²) >= 11 is 0. The van der Waals surface area contributed by atoms with Gasteiger partial charge in [0.1, 0.15) is 5.75 Å². The molecule has 3 N–H and O–H groups in total. The fourth-order valence-electron chi connectivity index (χ4n) is 3.14. The average molecular weight is 375 g/mol. The van der Waals surface area contributed by atoms with Gasteiger partial charge in [-0.05, 0) is 80.1 Å². The lowest BCUT2D eigenvalue weighted by Crippen LogP contribution is -2.13. The van der Waals surface area contributed by atoms with E-state index in [1.807, 2.05) is 44.2 Å². The van der Waals surface area contributed by atoms with Crippen LogP contribution in [-0.4, -0.2) is 17.5 Å². The van der Waals surface area contributed by atoms with Crippen molar-refractivity contribution in [1.82, 2.24) is 4.98 Å². The molecular weight excluding hydrogens is 350 g/mol. The summed E-state index contributed by atoms with van der Waals surface area (Å²) in [6.45, 7) is 4.66. The molecule has 4 rings (SSSR count). The number of hydrogen-bond acceptors (Lipinski definition) is 4. The second-order valence-electron chi connectivity index (χ2n) is 7.60. The lowest BCUT2D eigenvalue weighted by atomic mass is 10.0. The number of aromatic nitrogens is 1. The summed E-state index contributed by atoms with van der Waals surface area (Å²) in [5.74, 6) is 1.36. The van der Waals surface area contributed by atoms with Crippen LogP contribution < -0.4 is 15.8 Å². The second-order valence-corrected chi connectivity index (χ2v) is 7.60. The molecule has 1 saturated carbocycles. The second kappa shape index (κ2) is 7.60. The van der Waals surface area contributed by atoms with Crippen LogP contribution in [0.1, 0.15) is 47.3 Å². The number of anilines is 1. The van der Waals surface area contributed by atoms with Crippen molar-refractivity contribution < 1.29 is 9.53 Å². The van der Waals surface area contributed by atoms with E-state index in [9.17, 15) is 4.79 Å². The summed E-state index contributed by atoms with van der Waals surface area (Å²) in [6, 6.07) is 13.1. The number of nitrogens with two attached hydrogens (primary N) is 1. The molecule has 1 amide bonds. The summed E-state index contributed by atoms with van der Waals surface area (Å²) < 4.78 is 5.73. The van der Waals surface area contributed by atoms with Gasteiger partial charge >= 0.3 is 0 Å². The molecular formula is C23H25N3O2. The fourth-order valence-corrected chi connectivity index (χ4v) is 3.14. The zero-order valence-electron chi connectivity index (χ0n) is 16.2. The van der Waals surface area contributed by atoms with Crippen LogP contribution in [0.25, 0.3) is 10.9 Å². The molecule has 0 saturated heterocycles. The first kappa shape index (κ1) is 18.4. The van der Waals surface area contributed by atoms with Gasteiger partial charge < -0.3 is 15.8 Å². The number of nitrogens with one attached hydrogen (secondary N) is 1. The number of ether oxygens (including phenoxy) is 1. The molecule has 1 heterocycles. The highest BCUT2D eigenvalue weighted by molar-refractivity contribution is 6.06. The van der Waals surface area contributed by atoms with Crippen molar-refractivity contribution in [1.29, 1.82) is 0 Å². The van der Waals surface area contributed by atoms with Crippen LogP contribution in [0.4, 0.5) is 5.69 Å². The van der Waals surface area contributed by atoms with E-state index in [1.54, 1.807) is 18.3 Å². The van der Waals surface area contributed by atoms with E-state index < -0.39 is 0 Å². The number of nitrogens with zero attached hydrogens (tertiary/aromatic N) is 1. The fraction of sp³-hybridized carbons (Fsp3) is 0.304. The van der Waals surface area contributed by atoms with Crippen LogP contribution in [-0.2, 0) is 0 Å². The van der Waals surface area contributed by atoms with Crippen LogP contribution in [0.15, 0.2) is 48.7 Å². The Morgan fingerprint density at radius 3 is 2.68 bits per heavy atom. The molecule has 1 aliphatic rings. The third-order valence-corrected chi connectivity index (χ3v) is 5.20. The van der Waals surface area contributed by atoms with Gasteiger partial charge in [0.15, 0.2) is 0 Å². The Morgan fingerprint density at radius 1 is 1.25 bits per heavy atom.